The van der Waals surface area contributed by atoms with Gasteiger partial charge in [-0.2, -0.15) is 0 Å². The number of rotatable bonds is 0. The topological polar surface area (TPSA) is 26.3 Å². The molecule has 4 heteroatoms. The lowest BCUT2D eigenvalue weighted by molar-refractivity contribution is 0.0487. The maximum absolute atomic E-state index is 11.2. The monoisotopic (exact) mass is 294 g/mol. The quantitative estimate of drug-likeness (QED) is 0.418. The average molecular weight is 294 g/mol. The third-order valence-corrected chi connectivity index (χ3v) is 2.76. The molecule has 0 saturated carbocycles. The second-order valence-electron chi connectivity index (χ2n) is 2.45. The predicted molar refractivity (Wildman–Crippen MR) is 53.4 cm³/mol. The minimum Gasteiger partial charge on any atom is -0.426 e. The molecular weight excluding hydrogens is 290 g/mol. The number of cyclic esters (lactones) is 1. The van der Waals surface area contributed by atoms with E-state index >= 15 is 0 Å². The Hall–Kier alpha value is -0.290. The SMILES string of the molecule is O=C1OC(Cl)(I)c2ccccc21. The van der Waals surface area contributed by atoms with Crippen LogP contribution in [0.15, 0.2) is 24.3 Å². The minimum atomic E-state index is -1.01. The molecule has 0 bridgehead atoms. The van der Waals surface area contributed by atoms with E-state index in [2.05, 4.69) is 0 Å². The van der Waals surface area contributed by atoms with Crippen LogP contribution in [-0.4, -0.2) is 5.97 Å². The molecule has 0 aromatic heterocycles. The fourth-order valence-electron chi connectivity index (χ4n) is 1.14. The molecule has 1 unspecified atom stereocenters. The Bertz CT molecular complexity index is 349. The number of carbonyl (C=O) groups is 1. The molecule has 2 rings (SSSR count). The summed E-state index contributed by atoms with van der Waals surface area (Å²) in [5.41, 5.74) is 1.29. The van der Waals surface area contributed by atoms with Gasteiger partial charge in [-0.1, -0.05) is 29.8 Å². The summed E-state index contributed by atoms with van der Waals surface area (Å²) in [5.74, 6) is -0.352. The second kappa shape index (κ2) is 2.60. The molecule has 0 saturated heterocycles. The van der Waals surface area contributed by atoms with Crippen LogP contribution in [0.2, 0.25) is 0 Å². The standard InChI is InChI=1S/C8H4ClIO2/c9-8(10)6-4-2-1-3-5(6)7(11)12-8/h1-4H. The van der Waals surface area contributed by atoms with Gasteiger partial charge >= 0.3 is 5.97 Å². The molecule has 12 heavy (non-hydrogen) atoms. The Labute approximate surface area is 88.0 Å². The highest BCUT2D eigenvalue weighted by atomic mass is 127. The molecule has 1 aliphatic rings. The van der Waals surface area contributed by atoms with Crippen LogP contribution in [0.25, 0.3) is 0 Å². The zero-order valence-electron chi connectivity index (χ0n) is 5.88. The van der Waals surface area contributed by atoms with E-state index in [-0.39, 0.29) is 5.97 Å². The fourth-order valence-corrected chi connectivity index (χ4v) is 2.05. The van der Waals surface area contributed by atoms with Gasteiger partial charge in [0.05, 0.1) is 5.56 Å². The second-order valence-corrected chi connectivity index (χ2v) is 5.14. The molecule has 62 valence electrons. The smallest absolute Gasteiger partial charge is 0.341 e. The van der Waals surface area contributed by atoms with Crippen molar-refractivity contribution in [2.75, 3.05) is 0 Å². The number of carbonyl (C=O) groups excluding carboxylic acids is 1. The molecule has 0 radical (unpaired) electrons. The lowest BCUT2D eigenvalue weighted by atomic mass is 10.1. The zero-order chi connectivity index (χ0) is 8.77. The fraction of sp³-hybridized carbons (Fsp3) is 0.125. The van der Waals surface area contributed by atoms with Crippen LogP contribution in [0.4, 0.5) is 0 Å². The van der Waals surface area contributed by atoms with E-state index in [1.54, 1.807) is 18.2 Å². The summed E-state index contributed by atoms with van der Waals surface area (Å²) < 4.78 is 3.92. The highest BCUT2D eigenvalue weighted by Gasteiger charge is 2.41. The van der Waals surface area contributed by atoms with Crippen molar-refractivity contribution in [3.05, 3.63) is 35.4 Å². The van der Waals surface area contributed by atoms with Crippen molar-refractivity contribution in [1.29, 1.82) is 0 Å². The molecule has 1 atom stereocenters. The summed E-state index contributed by atoms with van der Waals surface area (Å²) in [6.45, 7) is 0. The van der Waals surface area contributed by atoms with Crippen molar-refractivity contribution < 1.29 is 9.53 Å². The Kier molecular flexibility index (Phi) is 1.80. The number of esters is 1. The summed E-state index contributed by atoms with van der Waals surface area (Å²) in [7, 11) is 0. The summed E-state index contributed by atoms with van der Waals surface area (Å²) in [4.78, 5) is 11.2. The van der Waals surface area contributed by atoms with Crippen LogP contribution in [-0.2, 0) is 7.80 Å². The van der Waals surface area contributed by atoms with E-state index in [1.807, 2.05) is 28.7 Å². The number of hydrogen-bond acceptors (Lipinski definition) is 2. The maximum atomic E-state index is 11.2. The van der Waals surface area contributed by atoms with E-state index < -0.39 is 3.07 Å². The van der Waals surface area contributed by atoms with E-state index in [1.165, 1.54) is 0 Å². The first-order valence-electron chi connectivity index (χ1n) is 3.32. The van der Waals surface area contributed by atoms with Gasteiger partial charge in [0.15, 0.2) is 0 Å². The molecule has 0 fully saturated rings. The summed E-state index contributed by atoms with van der Waals surface area (Å²) in [5, 5.41) is 0. The van der Waals surface area contributed by atoms with Gasteiger partial charge in [0, 0.05) is 5.56 Å². The van der Waals surface area contributed by atoms with Crippen molar-refractivity contribution in [2.45, 2.75) is 3.07 Å². The molecule has 2 nitrogen and oxygen atoms in total. The molecule has 0 aliphatic carbocycles. The van der Waals surface area contributed by atoms with Crippen LogP contribution in [0.3, 0.4) is 0 Å². The Balaban J connectivity index is 2.66. The first-order chi connectivity index (χ1) is 5.61. The highest BCUT2D eigenvalue weighted by molar-refractivity contribution is 14.1. The zero-order valence-corrected chi connectivity index (χ0v) is 8.80. The normalized spacial score (nSPS) is 26.7. The lowest BCUT2D eigenvalue weighted by Gasteiger charge is -2.11. The largest absolute Gasteiger partial charge is 0.426 e. The number of alkyl halides is 2. The molecule has 0 N–H and O–H groups in total. The van der Waals surface area contributed by atoms with Gasteiger partial charge in [0.2, 0.25) is 0 Å². The number of benzene rings is 1. The lowest BCUT2D eigenvalue weighted by Crippen LogP contribution is -2.07. The van der Waals surface area contributed by atoms with Crippen molar-refractivity contribution in [1.82, 2.24) is 0 Å². The Morgan fingerprint density at radius 1 is 1.42 bits per heavy atom. The molecule has 0 spiro atoms. The first kappa shape index (κ1) is 8.31. The predicted octanol–water partition coefficient (Wildman–Crippen LogP) is 2.64. The van der Waals surface area contributed by atoms with Gasteiger partial charge in [-0.05, 0) is 28.7 Å². The number of hydrogen-bond donors (Lipinski definition) is 0. The number of fused-ring (bicyclic) bond motifs is 1. The van der Waals surface area contributed by atoms with E-state index in [4.69, 9.17) is 16.3 Å². The first-order valence-corrected chi connectivity index (χ1v) is 4.77. The number of ether oxygens (including phenoxy) is 1. The van der Waals surface area contributed by atoms with Crippen LogP contribution in [0, 0.1) is 0 Å². The van der Waals surface area contributed by atoms with Crippen LogP contribution in [0.1, 0.15) is 15.9 Å². The maximum Gasteiger partial charge on any atom is 0.341 e. The van der Waals surface area contributed by atoms with Gasteiger partial charge in [-0.15, -0.1) is 0 Å². The van der Waals surface area contributed by atoms with Crippen LogP contribution >= 0.6 is 34.2 Å². The van der Waals surface area contributed by atoms with Gasteiger partial charge in [-0.3, -0.25) is 0 Å². The van der Waals surface area contributed by atoms with Crippen molar-refractivity contribution in [2.24, 2.45) is 0 Å². The Morgan fingerprint density at radius 3 is 2.75 bits per heavy atom. The molecule has 1 aliphatic heterocycles. The minimum absolute atomic E-state index is 0.352. The van der Waals surface area contributed by atoms with Crippen molar-refractivity contribution in [3.63, 3.8) is 0 Å². The number of halogens is 2. The van der Waals surface area contributed by atoms with Crippen LogP contribution in [0.5, 0.6) is 0 Å². The molecule has 1 aromatic carbocycles. The molecule has 1 aromatic rings. The van der Waals surface area contributed by atoms with Gasteiger partial charge in [0.25, 0.3) is 3.07 Å². The third-order valence-electron chi connectivity index (χ3n) is 1.68. The highest BCUT2D eigenvalue weighted by Crippen LogP contribution is 2.45. The summed E-state index contributed by atoms with van der Waals surface area (Å²) >= 11 is 7.83. The summed E-state index contributed by atoms with van der Waals surface area (Å²) in [6, 6.07) is 7.12. The molecule has 0 amide bonds. The van der Waals surface area contributed by atoms with Gasteiger partial charge < -0.3 is 4.74 Å². The van der Waals surface area contributed by atoms with Crippen molar-refractivity contribution in [3.8, 4) is 0 Å². The molecular formula is C8H4ClIO2. The Morgan fingerprint density at radius 2 is 2.08 bits per heavy atom. The molecule has 1 heterocycles. The van der Waals surface area contributed by atoms with Crippen molar-refractivity contribution >= 4 is 40.2 Å². The van der Waals surface area contributed by atoms with E-state index in [0.29, 0.717) is 5.56 Å². The van der Waals surface area contributed by atoms with E-state index in [0.717, 1.165) is 5.56 Å². The average Bonchev–Trinajstić information content (AvgIpc) is 2.25. The van der Waals surface area contributed by atoms with Crippen LogP contribution < -0.4 is 0 Å². The third kappa shape index (κ3) is 1.11. The summed E-state index contributed by atoms with van der Waals surface area (Å²) in [6.07, 6.45) is 0. The van der Waals surface area contributed by atoms with Gasteiger partial charge in [0.1, 0.15) is 0 Å². The van der Waals surface area contributed by atoms with E-state index in [9.17, 15) is 4.79 Å². The van der Waals surface area contributed by atoms with Gasteiger partial charge in [-0.25, -0.2) is 4.79 Å².